The second-order valence-electron chi connectivity index (χ2n) is 9.53. The molecule has 1 aliphatic rings. The van der Waals surface area contributed by atoms with E-state index < -0.39 is 28.5 Å². The van der Waals surface area contributed by atoms with Gasteiger partial charge in [0.05, 0.1) is 16.3 Å². The van der Waals surface area contributed by atoms with Crippen LogP contribution in [0.4, 0.5) is 18.9 Å². The number of ketones is 1. The van der Waals surface area contributed by atoms with Crippen molar-refractivity contribution in [2.24, 2.45) is 0 Å². The highest BCUT2D eigenvalue weighted by Gasteiger charge is 2.33. The minimum atomic E-state index is -4.65. The van der Waals surface area contributed by atoms with Gasteiger partial charge in [-0.05, 0) is 54.1 Å². The smallest absolute Gasteiger partial charge is 0.321 e. The van der Waals surface area contributed by atoms with Gasteiger partial charge in [0.1, 0.15) is 12.0 Å². The van der Waals surface area contributed by atoms with Gasteiger partial charge in [-0.3, -0.25) is 14.5 Å². The molecule has 0 spiro atoms. The number of piperazine rings is 1. The van der Waals surface area contributed by atoms with Gasteiger partial charge in [0, 0.05) is 60.8 Å². The molecule has 1 saturated heterocycles. The number of imidazole rings is 1. The van der Waals surface area contributed by atoms with Crippen LogP contribution in [0.25, 0.3) is 5.69 Å². The van der Waals surface area contributed by atoms with E-state index >= 15 is 0 Å². The molecule has 0 radical (unpaired) electrons. The Hall–Kier alpha value is -3.70. The number of hydrogen-bond donors (Lipinski definition) is 2. The summed E-state index contributed by atoms with van der Waals surface area (Å²) < 4.78 is 41.2. The molecule has 1 amide bonds. The molecular formula is C29H24Cl2F3N5O2. The molecule has 1 aromatic heterocycles. The zero-order valence-corrected chi connectivity index (χ0v) is 23.0. The van der Waals surface area contributed by atoms with Crippen molar-refractivity contribution in [3.05, 3.63) is 111 Å². The monoisotopic (exact) mass is 601 g/mol. The normalized spacial score (nSPS) is 14.2. The molecule has 2 heterocycles. The highest BCUT2D eigenvalue weighted by atomic mass is 35.5. The summed E-state index contributed by atoms with van der Waals surface area (Å²) in [5, 5.41) is 5.92. The number of anilines is 1. The molecule has 1 fully saturated rings. The van der Waals surface area contributed by atoms with Crippen LogP contribution < -0.4 is 10.6 Å². The summed E-state index contributed by atoms with van der Waals surface area (Å²) in [6.45, 7) is 4.39. The maximum Gasteiger partial charge on any atom is 0.417 e. The lowest BCUT2D eigenvalue weighted by atomic mass is 10.1. The average molecular weight is 602 g/mol. The first-order valence-electron chi connectivity index (χ1n) is 12.7. The molecule has 5 rings (SSSR count). The molecule has 12 heteroatoms. The first-order valence-corrected chi connectivity index (χ1v) is 13.4. The van der Waals surface area contributed by atoms with Crippen LogP contribution in [0.2, 0.25) is 10.0 Å². The second kappa shape index (κ2) is 12.0. The van der Waals surface area contributed by atoms with Crippen molar-refractivity contribution in [2.75, 3.05) is 31.5 Å². The summed E-state index contributed by atoms with van der Waals surface area (Å²) >= 11 is 11.9. The molecule has 3 aromatic carbocycles. The SMILES string of the molecule is O=C(Nc1ccc(Cl)cc1C(=O)c1cn(-c2ccc(Cl)c(C(F)(F)F)c2)cn1)c1cccc(CN2CCNCC2)c1. The number of rotatable bonds is 7. The van der Waals surface area contributed by atoms with E-state index in [0.717, 1.165) is 43.9 Å². The predicted octanol–water partition coefficient (Wildman–Crippen LogP) is 6.09. The Morgan fingerprint density at radius 3 is 2.54 bits per heavy atom. The van der Waals surface area contributed by atoms with Crippen LogP contribution in [-0.2, 0) is 12.7 Å². The van der Waals surface area contributed by atoms with Crippen LogP contribution in [0.5, 0.6) is 0 Å². The number of alkyl halides is 3. The third kappa shape index (κ3) is 6.79. The number of amides is 1. The van der Waals surface area contributed by atoms with Gasteiger partial charge < -0.3 is 15.2 Å². The lowest BCUT2D eigenvalue weighted by molar-refractivity contribution is -0.137. The van der Waals surface area contributed by atoms with E-state index in [1.165, 1.54) is 35.3 Å². The van der Waals surface area contributed by atoms with Gasteiger partial charge in [0.25, 0.3) is 5.91 Å². The second-order valence-corrected chi connectivity index (χ2v) is 10.4. The van der Waals surface area contributed by atoms with Crippen LogP contribution in [-0.4, -0.2) is 52.3 Å². The minimum Gasteiger partial charge on any atom is -0.321 e. The molecule has 4 aromatic rings. The molecule has 0 bridgehead atoms. The third-order valence-electron chi connectivity index (χ3n) is 6.65. The summed E-state index contributed by atoms with van der Waals surface area (Å²) in [7, 11) is 0. The van der Waals surface area contributed by atoms with Gasteiger partial charge in [-0.1, -0.05) is 35.3 Å². The molecule has 7 nitrogen and oxygen atoms in total. The van der Waals surface area contributed by atoms with Crippen LogP contribution in [0.15, 0.2) is 73.2 Å². The molecule has 0 saturated carbocycles. The Morgan fingerprint density at radius 1 is 1.00 bits per heavy atom. The summed E-state index contributed by atoms with van der Waals surface area (Å²) in [4.78, 5) is 33.0. The van der Waals surface area contributed by atoms with Crippen molar-refractivity contribution < 1.29 is 22.8 Å². The number of nitrogens with one attached hydrogen (secondary N) is 2. The van der Waals surface area contributed by atoms with E-state index in [-0.39, 0.29) is 27.7 Å². The molecule has 0 unspecified atom stereocenters. The van der Waals surface area contributed by atoms with E-state index in [1.807, 2.05) is 18.2 Å². The van der Waals surface area contributed by atoms with Crippen molar-refractivity contribution in [3.63, 3.8) is 0 Å². The van der Waals surface area contributed by atoms with E-state index in [4.69, 9.17) is 23.2 Å². The van der Waals surface area contributed by atoms with Gasteiger partial charge in [0.15, 0.2) is 0 Å². The molecular weight excluding hydrogens is 578 g/mol. The van der Waals surface area contributed by atoms with Gasteiger partial charge in [-0.15, -0.1) is 0 Å². The highest BCUT2D eigenvalue weighted by molar-refractivity contribution is 6.32. The quantitative estimate of drug-likeness (QED) is 0.251. The van der Waals surface area contributed by atoms with Crippen LogP contribution in [0.3, 0.4) is 0 Å². The Balaban J connectivity index is 1.37. The molecule has 1 aliphatic heterocycles. The van der Waals surface area contributed by atoms with Gasteiger partial charge >= 0.3 is 6.18 Å². The number of hydrogen-bond acceptors (Lipinski definition) is 5. The topological polar surface area (TPSA) is 79.3 Å². The summed E-state index contributed by atoms with van der Waals surface area (Å²) in [6, 6.07) is 15.1. The zero-order valence-electron chi connectivity index (χ0n) is 21.5. The Morgan fingerprint density at radius 2 is 1.78 bits per heavy atom. The van der Waals surface area contributed by atoms with Crippen molar-refractivity contribution in [3.8, 4) is 5.69 Å². The minimum absolute atomic E-state index is 0.0516. The number of halogens is 5. The third-order valence-corrected chi connectivity index (χ3v) is 7.21. The van der Waals surface area contributed by atoms with Crippen molar-refractivity contribution in [1.82, 2.24) is 19.8 Å². The number of carbonyl (C=O) groups is 2. The Labute approximate surface area is 243 Å². The fourth-order valence-corrected chi connectivity index (χ4v) is 4.95. The number of carbonyl (C=O) groups excluding carboxylic acids is 2. The average Bonchev–Trinajstić information content (AvgIpc) is 3.44. The van der Waals surface area contributed by atoms with Crippen LogP contribution >= 0.6 is 23.2 Å². The van der Waals surface area contributed by atoms with E-state index in [0.29, 0.717) is 12.1 Å². The molecule has 0 aliphatic carbocycles. The molecule has 0 atom stereocenters. The Kier molecular flexibility index (Phi) is 8.46. The lowest BCUT2D eigenvalue weighted by Gasteiger charge is -2.27. The summed E-state index contributed by atoms with van der Waals surface area (Å²) in [5.74, 6) is -0.978. The van der Waals surface area contributed by atoms with Crippen molar-refractivity contribution in [1.29, 1.82) is 0 Å². The molecule has 41 heavy (non-hydrogen) atoms. The largest absolute Gasteiger partial charge is 0.417 e. The fourth-order valence-electron chi connectivity index (χ4n) is 4.56. The van der Waals surface area contributed by atoms with Gasteiger partial charge in [-0.25, -0.2) is 4.98 Å². The van der Waals surface area contributed by atoms with Crippen molar-refractivity contribution >= 4 is 40.6 Å². The maximum atomic E-state index is 13.4. The number of nitrogens with zero attached hydrogens (tertiary/aromatic N) is 3. The van der Waals surface area contributed by atoms with E-state index in [9.17, 15) is 22.8 Å². The zero-order chi connectivity index (χ0) is 29.1. The fraction of sp³-hybridized carbons (Fsp3) is 0.207. The predicted molar refractivity (Wildman–Crippen MR) is 151 cm³/mol. The summed E-state index contributed by atoms with van der Waals surface area (Å²) in [6.07, 6.45) is -2.12. The molecule has 2 N–H and O–H groups in total. The first kappa shape index (κ1) is 28.8. The highest BCUT2D eigenvalue weighted by Crippen LogP contribution is 2.36. The first-order chi connectivity index (χ1) is 19.6. The van der Waals surface area contributed by atoms with Gasteiger partial charge in [0.2, 0.25) is 5.78 Å². The molecule has 212 valence electrons. The number of benzene rings is 3. The standard InChI is InChI=1S/C29H24Cl2F3N5O2/c30-20-4-7-25(37-28(41)19-3-1-2-18(12-19)15-38-10-8-35-9-11-38)22(13-20)27(40)26-16-39(17-36-26)21-5-6-24(31)23(14-21)29(32,33)34/h1-7,12-14,16-17,35H,8-11,15H2,(H,37,41). The Bertz CT molecular complexity index is 1600. The van der Waals surface area contributed by atoms with E-state index in [2.05, 4.69) is 20.5 Å². The maximum absolute atomic E-state index is 13.4. The van der Waals surface area contributed by atoms with Crippen LogP contribution in [0.1, 0.15) is 37.5 Å². The lowest BCUT2D eigenvalue weighted by Crippen LogP contribution is -2.42. The van der Waals surface area contributed by atoms with Crippen LogP contribution in [0, 0.1) is 0 Å². The summed E-state index contributed by atoms with van der Waals surface area (Å²) in [5.41, 5.74) is 0.789. The van der Waals surface area contributed by atoms with E-state index in [1.54, 1.807) is 12.1 Å². The van der Waals surface area contributed by atoms with Gasteiger partial charge in [-0.2, -0.15) is 13.2 Å². The number of aromatic nitrogens is 2. The van der Waals surface area contributed by atoms with Crippen molar-refractivity contribution in [2.45, 2.75) is 12.7 Å².